The Hall–Kier alpha value is -2.87. The molecule has 1 atom stereocenters. The predicted molar refractivity (Wildman–Crippen MR) is 189 cm³/mol. The Bertz CT molecular complexity index is 1420. The highest BCUT2D eigenvalue weighted by Crippen LogP contribution is 2.35. The van der Waals surface area contributed by atoms with Crippen molar-refractivity contribution in [3.8, 4) is 5.75 Å². The highest BCUT2D eigenvalue weighted by Gasteiger charge is 2.36. The average Bonchev–Trinajstić information content (AvgIpc) is 3.26. The van der Waals surface area contributed by atoms with Crippen molar-refractivity contribution in [3.05, 3.63) is 56.5 Å². The molecule has 2 aromatic carbocycles. The number of piperidine rings is 2. The fourth-order valence-electron chi connectivity index (χ4n) is 7.32. The Kier molecular flexibility index (Phi) is 11.3. The van der Waals surface area contributed by atoms with Gasteiger partial charge in [-0.3, -0.25) is 9.69 Å². The number of amides is 4. The van der Waals surface area contributed by atoms with Crippen molar-refractivity contribution >= 4 is 55.6 Å². The van der Waals surface area contributed by atoms with Gasteiger partial charge in [0.15, 0.2) is 6.10 Å². The number of rotatable bonds is 7. The molecule has 3 fully saturated rings. The van der Waals surface area contributed by atoms with Gasteiger partial charge in [0.2, 0.25) is 0 Å². The largest absolute Gasteiger partial charge is 0.494 e. The molecule has 0 bridgehead atoms. The molecule has 2 N–H and O–H groups in total. The van der Waals surface area contributed by atoms with Crippen LogP contribution in [-0.2, 0) is 22.4 Å². The van der Waals surface area contributed by atoms with Gasteiger partial charge in [0.05, 0.1) is 16.1 Å². The number of anilines is 1. The van der Waals surface area contributed by atoms with Crippen molar-refractivity contribution in [2.45, 2.75) is 56.7 Å². The van der Waals surface area contributed by atoms with E-state index in [1.807, 2.05) is 46.2 Å². The second kappa shape index (κ2) is 15.6. The smallest absolute Gasteiger partial charge is 0.410 e. The van der Waals surface area contributed by atoms with Gasteiger partial charge in [-0.1, -0.05) is 18.2 Å². The van der Waals surface area contributed by atoms with Crippen LogP contribution in [0.2, 0.25) is 0 Å². The van der Waals surface area contributed by atoms with E-state index < -0.39 is 12.2 Å². The number of nitrogens with zero attached hydrogens (tertiary/aromatic N) is 4. The molecule has 47 heavy (non-hydrogen) atoms. The number of hydrogen-bond acceptors (Lipinski definition) is 7. The summed E-state index contributed by atoms with van der Waals surface area (Å²) in [6.07, 6.45) is 2.70. The minimum absolute atomic E-state index is 0. The number of fused-ring (bicyclic) bond motifs is 1. The summed E-state index contributed by atoms with van der Waals surface area (Å²) in [7, 11) is 1.60. The Labute approximate surface area is 295 Å². The van der Waals surface area contributed by atoms with Crippen molar-refractivity contribution in [2.24, 2.45) is 0 Å². The fourth-order valence-corrected chi connectivity index (χ4v) is 8.92. The SMILES string of the molecule is COc1c(Br)cc(C[C@@H](OC(=O)N2CCC(N3CCc4ccccc4NC3=O)CC2)C(=O)N2CCC(N3CCNCC3)CC2)cc1Br.[HH]. The van der Waals surface area contributed by atoms with Crippen LogP contribution < -0.4 is 15.4 Å². The third-order valence-electron chi connectivity index (χ3n) is 9.95. The van der Waals surface area contributed by atoms with Gasteiger partial charge < -0.3 is 34.8 Å². The number of benzene rings is 2. The van der Waals surface area contributed by atoms with Crippen LogP contribution in [0.3, 0.4) is 0 Å². The van der Waals surface area contributed by atoms with Crippen molar-refractivity contribution in [3.63, 3.8) is 0 Å². The third kappa shape index (κ3) is 8.06. The van der Waals surface area contributed by atoms with Crippen LogP contribution in [0.1, 0.15) is 38.2 Å². The van der Waals surface area contributed by atoms with Gasteiger partial charge in [0.25, 0.3) is 5.91 Å². The first-order valence-corrected chi connectivity index (χ1v) is 18.3. The fraction of sp³-hybridized carbons (Fsp3) is 0.559. The van der Waals surface area contributed by atoms with Crippen LogP contribution in [0.4, 0.5) is 15.3 Å². The van der Waals surface area contributed by atoms with Crippen molar-refractivity contribution < 1.29 is 25.3 Å². The lowest BCUT2D eigenvalue weighted by atomic mass is 10.0. The molecule has 0 aromatic heterocycles. The number of nitrogens with one attached hydrogen (secondary N) is 2. The monoisotopic (exact) mass is 776 g/mol. The molecular formula is C34H46Br2N6O5. The summed E-state index contributed by atoms with van der Waals surface area (Å²) in [6.45, 7) is 6.90. The number of likely N-dealkylation sites (tertiary alicyclic amines) is 2. The number of halogens is 2. The van der Waals surface area contributed by atoms with E-state index in [-0.39, 0.29) is 25.8 Å². The molecule has 0 radical (unpaired) electrons. The standard InChI is InChI=1S/C34H44Br2N6O5.H2/c1-46-31-27(35)20-23(21-28(31)36)22-30(32(43)40-13-7-25(8-14-40)39-18-11-37-12-19-39)47-34(45)41-15-9-26(10-16-41)42-17-6-24-4-2-3-5-29(24)38-33(42)44;/h2-5,20-21,25-26,30,37H,6-19,22H2,1H3,(H,38,44);1H/t30-;/m1./s1. The maximum atomic E-state index is 14.0. The second-order valence-electron chi connectivity index (χ2n) is 12.8. The Morgan fingerprint density at radius 1 is 0.915 bits per heavy atom. The molecule has 2 aromatic rings. The molecule has 11 nitrogen and oxygen atoms in total. The molecule has 3 saturated heterocycles. The van der Waals surface area contributed by atoms with E-state index in [1.165, 1.54) is 0 Å². The zero-order valence-corrected chi connectivity index (χ0v) is 30.1. The summed E-state index contributed by atoms with van der Waals surface area (Å²) in [5, 5.41) is 6.47. The van der Waals surface area contributed by atoms with Crippen molar-refractivity contribution in [2.75, 3.05) is 71.3 Å². The van der Waals surface area contributed by atoms with E-state index >= 15 is 0 Å². The highest BCUT2D eigenvalue weighted by atomic mass is 79.9. The maximum absolute atomic E-state index is 14.0. The lowest BCUT2D eigenvalue weighted by molar-refractivity contribution is -0.142. The topological polar surface area (TPSA) is 107 Å². The number of carbonyl (C=O) groups is 3. The van der Waals surface area contributed by atoms with Gasteiger partial charge in [-0.05, 0) is 93.3 Å². The number of ether oxygens (including phenoxy) is 2. The number of carbonyl (C=O) groups excluding carboxylic acids is 3. The first-order chi connectivity index (χ1) is 22.8. The molecule has 4 aliphatic heterocycles. The summed E-state index contributed by atoms with van der Waals surface area (Å²) in [5.74, 6) is 0.504. The molecule has 0 unspecified atom stereocenters. The maximum Gasteiger partial charge on any atom is 0.410 e. The van der Waals surface area contributed by atoms with Crippen LogP contribution in [0.25, 0.3) is 0 Å². The van der Waals surface area contributed by atoms with Gasteiger partial charge in [-0.15, -0.1) is 0 Å². The first-order valence-electron chi connectivity index (χ1n) is 16.7. The minimum Gasteiger partial charge on any atom is -0.494 e. The van der Waals surface area contributed by atoms with Crippen molar-refractivity contribution in [1.82, 2.24) is 24.9 Å². The molecule has 256 valence electrons. The van der Waals surface area contributed by atoms with Gasteiger partial charge in [-0.2, -0.15) is 0 Å². The van der Waals surface area contributed by atoms with Gasteiger partial charge in [0.1, 0.15) is 5.75 Å². The lowest BCUT2D eigenvalue weighted by Crippen LogP contribution is -2.54. The van der Waals surface area contributed by atoms with E-state index in [2.05, 4.69) is 47.4 Å². The van der Waals surface area contributed by atoms with Crippen LogP contribution in [0, 0.1) is 0 Å². The van der Waals surface area contributed by atoms with E-state index in [1.54, 1.807) is 12.0 Å². The molecule has 0 aliphatic carbocycles. The minimum atomic E-state index is -0.960. The Morgan fingerprint density at radius 3 is 2.23 bits per heavy atom. The first kappa shape index (κ1) is 34.0. The van der Waals surface area contributed by atoms with E-state index in [4.69, 9.17) is 9.47 Å². The number of urea groups is 1. The van der Waals surface area contributed by atoms with E-state index in [9.17, 15) is 14.4 Å². The molecule has 4 heterocycles. The van der Waals surface area contributed by atoms with E-state index in [0.717, 1.165) is 71.2 Å². The van der Waals surface area contributed by atoms with E-state index in [0.29, 0.717) is 57.4 Å². The molecule has 0 spiro atoms. The molecule has 4 aliphatic rings. The van der Waals surface area contributed by atoms with Crippen LogP contribution in [0.5, 0.6) is 5.75 Å². The third-order valence-corrected chi connectivity index (χ3v) is 11.1. The molecular weight excluding hydrogens is 732 g/mol. The number of hydrogen-bond donors (Lipinski definition) is 2. The number of piperazine rings is 1. The predicted octanol–water partition coefficient (Wildman–Crippen LogP) is 4.96. The highest BCUT2D eigenvalue weighted by molar-refractivity contribution is 9.11. The van der Waals surface area contributed by atoms with Gasteiger partial charge in [-0.25, -0.2) is 9.59 Å². The number of para-hydroxylation sites is 1. The summed E-state index contributed by atoms with van der Waals surface area (Å²) in [5.41, 5.74) is 2.84. The summed E-state index contributed by atoms with van der Waals surface area (Å²) < 4.78 is 13.0. The van der Waals surface area contributed by atoms with Crippen molar-refractivity contribution in [1.29, 1.82) is 0 Å². The Morgan fingerprint density at radius 2 is 1.55 bits per heavy atom. The summed E-state index contributed by atoms with van der Waals surface area (Å²) >= 11 is 7.14. The van der Waals surface area contributed by atoms with Crippen LogP contribution in [0.15, 0.2) is 45.3 Å². The zero-order chi connectivity index (χ0) is 32.9. The van der Waals surface area contributed by atoms with Crippen LogP contribution in [-0.4, -0.2) is 122 Å². The average molecular weight is 779 g/mol. The summed E-state index contributed by atoms with van der Waals surface area (Å²) in [6, 6.07) is 12.1. The summed E-state index contributed by atoms with van der Waals surface area (Å²) in [4.78, 5) is 48.7. The second-order valence-corrected chi connectivity index (χ2v) is 14.5. The lowest BCUT2D eigenvalue weighted by Gasteiger charge is -2.41. The zero-order valence-electron chi connectivity index (χ0n) is 26.9. The van der Waals surface area contributed by atoms with Gasteiger partial charge >= 0.3 is 12.1 Å². The van der Waals surface area contributed by atoms with Gasteiger partial charge in [0, 0.05) is 84.5 Å². The number of methoxy groups -OCH3 is 1. The quantitative estimate of drug-likeness (QED) is 0.410. The molecule has 13 heteroatoms. The Balaban J connectivity index is 0.00000451. The normalized spacial score (nSPS) is 20.7. The van der Waals surface area contributed by atoms with Crippen LogP contribution >= 0.6 is 31.9 Å². The molecule has 0 saturated carbocycles. The molecule has 6 rings (SSSR count). The molecule has 4 amide bonds.